The van der Waals surface area contributed by atoms with Gasteiger partial charge in [-0.3, -0.25) is 0 Å². The minimum atomic E-state index is -3.96. The molecule has 0 spiro atoms. The highest BCUT2D eigenvalue weighted by molar-refractivity contribution is 9.10. The van der Waals surface area contributed by atoms with Gasteiger partial charge in [0.1, 0.15) is 22.9 Å². The molecule has 198 valence electrons. The van der Waals surface area contributed by atoms with Crippen LogP contribution in [0, 0.1) is 0 Å². The van der Waals surface area contributed by atoms with Crippen LogP contribution in [-0.4, -0.2) is 59.7 Å². The van der Waals surface area contributed by atoms with Crippen LogP contribution in [-0.2, 0) is 26.2 Å². The van der Waals surface area contributed by atoms with Crippen molar-refractivity contribution in [3.8, 4) is 0 Å². The summed E-state index contributed by atoms with van der Waals surface area (Å²) in [6, 6.07) is 5.94. The minimum absolute atomic E-state index is 0.0401. The van der Waals surface area contributed by atoms with Crippen LogP contribution < -0.4 is 0 Å². The fourth-order valence-electron chi connectivity index (χ4n) is 4.01. The lowest BCUT2D eigenvalue weighted by Gasteiger charge is -2.28. The quantitative estimate of drug-likeness (QED) is 0.190. The van der Waals surface area contributed by atoms with Crippen molar-refractivity contribution in [3.63, 3.8) is 0 Å². The highest BCUT2D eigenvalue weighted by Gasteiger charge is 2.40. The van der Waals surface area contributed by atoms with E-state index in [4.69, 9.17) is 14.6 Å². The number of hydrogen-bond donors (Lipinski definition) is 0. The Labute approximate surface area is 226 Å². The van der Waals surface area contributed by atoms with E-state index < -0.39 is 28.8 Å². The lowest BCUT2D eigenvalue weighted by molar-refractivity contribution is 0.0592. The number of nitrogens with zero attached hydrogens (tertiary/aromatic N) is 4. The first-order chi connectivity index (χ1) is 17.4. The van der Waals surface area contributed by atoms with Gasteiger partial charge in [-0.2, -0.15) is 5.10 Å². The van der Waals surface area contributed by atoms with Gasteiger partial charge in [-0.15, -0.1) is 0 Å². The van der Waals surface area contributed by atoms with Gasteiger partial charge in [0.2, 0.25) is 10.0 Å². The molecular weight excluding hydrogens is 576 g/mol. The molecule has 0 amide bonds. The maximum absolute atomic E-state index is 13.6. The Morgan fingerprint density at radius 2 is 2.05 bits per heavy atom. The Kier molecular flexibility index (Phi) is 7.66. The molecule has 1 atom stereocenters. The van der Waals surface area contributed by atoms with Crippen LogP contribution in [0.4, 0.5) is 0 Å². The van der Waals surface area contributed by atoms with E-state index in [0.717, 1.165) is 25.4 Å². The maximum Gasteiger partial charge on any atom is 0.355 e. The summed E-state index contributed by atoms with van der Waals surface area (Å²) in [7, 11) is -3.95. The van der Waals surface area contributed by atoms with Crippen LogP contribution in [0.2, 0.25) is 25.7 Å². The number of aromatic nitrogens is 4. The predicted molar refractivity (Wildman–Crippen MR) is 150 cm³/mol. The van der Waals surface area contributed by atoms with Gasteiger partial charge in [0, 0.05) is 36.9 Å². The standard InChI is InChI=1S/C25H31BrN4O5SSi/c1-25(36(32,33)30-12-6-7-21(30)24(31)34-2)10-8-18(9-11-25)22-20-15-19(26)16-27-23(20)29(28-22)17-35-13-14-37(3,4)5/h6-10,12,15-16H,11,13-14,17H2,1-5H3. The molecule has 3 aromatic heterocycles. The number of carbonyl (C=O) groups is 1. The SMILES string of the molecule is COC(=O)c1cccn1S(=O)(=O)C1(C)C=CC(c2nn(COCC[Si](C)(C)C)c3ncc(Br)cc23)=CC1. The summed E-state index contributed by atoms with van der Waals surface area (Å²) < 4.78 is 40.1. The summed E-state index contributed by atoms with van der Waals surface area (Å²) in [6.45, 7) is 9.49. The average molecular weight is 608 g/mol. The zero-order chi connectivity index (χ0) is 27.0. The summed E-state index contributed by atoms with van der Waals surface area (Å²) in [5, 5.41) is 5.62. The van der Waals surface area contributed by atoms with Crippen LogP contribution in [0.25, 0.3) is 16.6 Å². The summed E-state index contributed by atoms with van der Waals surface area (Å²) in [5.41, 5.74) is 2.14. The van der Waals surface area contributed by atoms with Crippen molar-refractivity contribution in [2.24, 2.45) is 0 Å². The highest BCUT2D eigenvalue weighted by Crippen LogP contribution is 2.36. The van der Waals surface area contributed by atoms with E-state index >= 15 is 0 Å². The number of hydrogen-bond acceptors (Lipinski definition) is 7. The van der Waals surface area contributed by atoms with E-state index in [0.29, 0.717) is 17.9 Å². The molecule has 0 saturated heterocycles. The van der Waals surface area contributed by atoms with Crippen LogP contribution in [0.3, 0.4) is 0 Å². The van der Waals surface area contributed by atoms with Crippen LogP contribution in [0.5, 0.6) is 0 Å². The number of pyridine rings is 1. The van der Waals surface area contributed by atoms with E-state index in [2.05, 4.69) is 40.6 Å². The maximum atomic E-state index is 13.6. The van der Waals surface area contributed by atoms with Crippen LogP contribution in [0.1, 0.15) is 29.5 Å². The second kappa shape index (κ2) is 10.3. The third kappa shape index (κ3) is 5.52. The third-order valence-electron chi connectivity index (χ3n) is 6.34. The molecule has 1 unspecified atom stereocenters. The number of rotatable bonds is 9. The van der Waals surface area contributed by atoms with E-state index in [-0.39, 0.29) is 18.8 Å². The van der Waals surface area contributed by atoms with Crippen molar-refractivity contribution in [1.29, 1.82) is 0 Å². The molecule has 0 saturated carbocycles. The van der Waals surface area contributed by atoms with Crippen molar-refractivity contribution in [2.45, 2.75) is 50.5 Å². The second-order valence-corrected chi connectivity index (χ2v) is 19.2. The molecule has 1 aliphatic rings. The minimum Gasteiger partial charge on any atom is -0.464 e. The van der Waals surface area contributed by atoms with Gasteiger partial charge in [-0.1, -0.05) is 37.9 Å². The summed E-state index contributed by atoms with van der Waals surface area (Å²) >= 11 is 3.49. The van der Waals surface area contributed by atoms with Gasteiger partial charge in [-0.25, -0.2) is 26.9 Å². The topological polar surface area (TPSA) is 105 Å². The predicted octanol–water partition coefficient (Wildman–Crippen LogP) is 5.07. The lowest BCUT2D eigenvalue weighted by atomic mass is 9.95. The Balaban J connectivity index is 1.62. The number of halogens is 1. The Morgan fingerprint density at radius 1 is 1.30 bits per heavy atom. The average Bonchev–Trinajstić information content (AvgIpc) is 3.47. The molecule has 37 heavy (non-hydrogen) atoms. The summed E-state index contributed by atoms with van der Waals surface area (Å²) in [5.74, 6) is -0.713. The molecule has 0 bridgehead atoms. The molecule has 0 aliphatic heterocycles. The van der Waals surface area contributed by atoms with Crippen LogP contribution in [0.15, 0.2) is 53.3 Å². The molecule has 0 fully saturated rings. The van der Waals surface area contributed by atoms with E-state index in [1.54, 1.807) is 30.0 Å². The molecule has 3 aromatic rings. The molecule has 0 N–H and O–H groups in total. The Morgan fingerprint density at radius 3 is 2.70 bits per heavy atom. The first-order valence-electron chi connectivity index (χ1n) is 11.9. The normalized spacial score (nSPS) is 18.3. The smallest absolute Gasteiger partial charge is 0.355 e. The summed E-state index contributed by atoms with van der Waals surface area (Å²) in [4.78, 5) is 16.6. The van der Waals surface area contributed by atoms with Crippen molar-refractivity contribution in [2.75, 3.05) is 13.7 Å². The molecule has 1 aliphatic carbocycles. The molecule has 0 radical (unpaired) electrons. The second-order valence-electron chi connectivity index (χ2n) is 10.4. The van der Waals surface area contributed by atoms with Gasteiger partial charge in [0.25, 0.3) is 0 Å². The zero-order valence-corrected chi connectivity index (χ0v) is 25.0. The molecule has 12 heteroatoms. The fourth-order valence-corrected chi connectivity index (χ4v) is 6.71. The van der Waals surface area contributed by atoms with E-state index in [1.165, 1.54) is 25.4 Å². The molecule has 4 rings (SSSR count). The number of carbonyl (C=O) groups excluding carboxylic acids is 1. The molecule has 0 aromatic carbocycles. The number of esters is 1. The molecule has 9 nitrogen and oxygen atoms in total. The van der Waals surface area contributed by atoms with Crippen LogP contribution >= 0.6 is 15.9 Å². The van der Waals surface area contributed by atoms with Crippen molar-refractivity contribution >= 4 is 56.6 Å². The van der Waals surface area contributed by atoms with Gasteiger partial charge < -0.3 is 9.47 Å². The highest BCUT2D eigenvalue weighted by atomic mass is 79.9. The molecular formula is C25H31BrN4O5SSi. The van der Waals surface area contributed by atoms with Gasteiger partial charge in [-0.05, 0) is 59.1 Å². The number of methoxy groups -OCH3 is 1. The lowest BCUT2D eigenvalue weighted by Crippen LogP contribution is -2.39. The first-order valence-corrected chi connectivity index (χ1v) is 17.8. The van der Waals surface area contributed by atoms with Gasteiger partial charge in [0.05, 0.1) is 7.11 Å². The fraction of sp³-hybridized carbons (Fsp3) is 0.400. The van der Waals surface area contributed by atoms with Crippen molar-refractivity contribution in [3.05, 3.63) is 64.7 Å². The van der Waals surface area contributed by atoms with E-state index in [9.17, 15) is 13.2 Å². The number of ether oxygens (including phenoxy) is 2. The molecule has 3 heterocycles. The van der Waals surface area contributed by atoms with Crippen molar-refractivity contribution in [1.82, 2.24) is 18.7 Å². The first kappa shape index (κ1) is 27.5. The van der Waals surface area contributed by atoms with Gasteiger partial charge in [0.15, 0.2) is 5.65 Å². The Hall–Kier alpha value is -2.54. The number of fused-ring (bicyclic) bond motifs is 1. The van der Waals surface area contributed by atoms with E-state index in [1.807, 2.05) is 12.1 Å². The Bertz CT molecular complexity index is 1500. The summed E-state index contributed by atoms with van der Waals surface area (Å²) in [6.07, 6.45) is 8.55. The largest absolute Gasteiger partial charge is 0.464 e. The monoisotopic (exact) mass is 606 g/mol. The van der Waals surface area contributed by atoms with Crippen molar-refractivity contribution < 1.29 is 22.7 Å². The number of allylic oxidation sites excluding steroid dienone is 3. The zero-order valence-electron chi connectivity index (χ0n) is 21.6. The van der Waals surface area contributed by atoms with Gasteiger partial charge >= 0.3 is 5.97 Å². The third-order valence-corrected chi connectivity index (χ3v) is 10.8.